The molecule has 0 radical (unpaired) electrons. The summed E-state index contributed by atoms with van der Waals surface area (Å²) in [6.45, 7) is 0. The minimum absolute atomic E-state index is 0.0476. The van der Waals surface area contributed by atoms with Gasteiger partial charge in [-0.3, -0.25) is 14.3 Å². The molecule has 1 aliphatic rings. The molecule has 1 fully saturated rings. The maximum Gasteiger partial charge on any atom is 0.438 e. The molecule has 23 heavy (non-hydrogen) atoms. The number of rotatable bonds is 3. The molecule has 0 aromatic carbocycles. The number of carbonyl (C=O) groups is 1. The van der Waals surface area contributed by atoms with E-state index in [4.69, 9.17) is 0 Å². The summed E-state index contributed by atoms with van der Waals surface area (Å²) < 4.78 is 6.21. The molecule has 8 nitrogen and oxygen atoms in total. The van der Waals surface area contributed by atoms with Crippen LogP contribution in [0.2, 0.25) is 0 Å². The Kier molecular flexibility index (Phi) is 3.22. The molecular formula is C15H15N5O3. The number of fused-ring (bicyclic) bond motifs is 1. The lowest BCUT2D eigenvalue weighted by molar-refractivity contribution is 0.0939. The molecule has 0 saturated heterocycles. The smallest absolute Gasteiger partial charge is 0.349 e. The Hall–Kier alpha value is -2.90. The van der Waals surface area contributed by atoms with Crippen molar-refractivity contribution >= 4 is 11.4 Å². The van der Waals surface area contributed by atoms with Crippen molar-refractivity contribution < 1.29 is 9.32 Å². The highest BCUT2D eigenvalue weighted by Gasteiger charge is 2.30. The maximum absolute atomic E-state index is 12.5. The number of hydrogen-bond acceptors (Lipinski definition) is 5. The molecule has 0 spiro atoms. The summed E-state index contributed by atoms with van der Waals surface area (Å²) in [5, 5.41) is 10.9. The minimum Gasteiger partial charge on any atom is -0.349 e. The third-order valence-corrected chi connectivity index (χ3v) is 4.28. The second-order valence-corrected chi connectivity index (χ2v) is 5.75. The lowest BCUT2D eigenvalue weighted by Crippen LogP contribution is -2.32. The first-order chi connectivity index (χ1) is 11.2. The van der Waals surface area contributed by atoms with Crippen LogP contribution in [0.4, 0.5) is 0 Å². The molecule has 1 aliphatic carbocycles. The normalized spacial score (nSPS) is 20.9. The zero-order valence-electron chi connectivity index (χ0n) is 12.2. The molecule has 0 aliphatic heterocycles. The third kappa shape index (κ3) is 2.52. The van der Waals surface area contributed by atoms with Gasteiger partial charge in [0, 0.05) is 18.2 Å². The van der Waals surface area contributed by atoms with Crippen molar-refractivity contribution in [3.63, 3.8) is 0 Å². The van der Waals surface area contributed by atoms with Gasteiger partial charge in [-0.2, -0.15) is 5.10 Å². The van der Waals surface area contributed by atoms with Crippen molar-refractivity contribution in [3.8, 4) is 0 Å². The van der Waals surface area contributed by atoms with Crippen molar-refractivity contribution in [1.82, 2.24) is 25.1 Å². The summed E-state index contributed by atoms with van der Waals surface area (Å²) in [5.41, 5.74) is 1.34. The van der Waals surface area contributed by atoms with Gasteiger partial charge in [-0.15, -0.1) is 0 Å². The van der Waals surface area contributed by atoms with Crippen LogP contribution in [0.1, 0.15) is 41.4 Å². The highest BCUT2D eigenvalue weighted by atomic mass is 16.5. The van der Waals surface area contributed by atoms with Crippen LogP contribution in [0.15, 0.2) is 39.9 Å². The molecule has 2 unspecified atom stereocenters. The fraction of sp³-hybridized carbons (Fsp3) is 0.333. The van der Waals surface area contributed by atoms with Gasteiger partial charge >= 0.3 is 5.76 Å². The quantitative estimate of drug-likeness (QED) is 0.752. The Labute approximate surface area is 130 Å². The van der Waals surface area contributed by atoms with E-state index in [2.05, 4.69) is 25.1 Å². The molecule has 0 bridgehead atoms. The predicted octanol–water partition coefficient (Wildman–Crippen LogP) is 1.08. The zero-order valence-corrected chi connectivity index (χ0v) is 12.2. The SMILES string of the molecule is O=C(NC1CCC(c2noc(=O)[nH]2)C1)c1cnn2ccccc12. The number of aromatic nitrogens is 4. The van der Waals surface area contributed by atoms with Crippen LogP contribution in [0.5, 0.6) is 0 Å². The van der Waals surface area contributed by atoms with E-state index in [0.717, 1.165) is 24.8 Å². The van der Waals surface area contributed by atoms with Crippen LogP contribution in [-0.4, -0.2) is 31.7 Å². The number of pyridine rings is 1. The first-order valence-electron chi connectivity index (χ1n) is 7.50. The van der Waals surface area contributed by atoms with Gasteiger partial charge in [-0.25, -0.2) is 9.31 Å². The fourth-order valence-corrected chi connectivity index (χ4v) is 3.15. The molecule has 2 N–H and O–H groups in total. The molecule has 118 valence electrons. The van der Waals surface area contributed by atoms with Gasteiger partial charge < -0.3 is 5.32 Å². The van der Waals surface area contributed by atoms with Gasteiger partial charge in [0.25, 0.3) is 5.91 Å². The highest BCUT2D eigenvalue weighted by molar-refractivity contribution is 6.00. The molecule has 8 heteroatoms. The summed E-state index contributed by atoms with van der Waals surface area (Å²) in [6.07, 6.45) is 5.80. The van der Waals surface area contributed by atoms with Crippen LogP contribution in [0, 0.1) is 0 Å². The van der Waals surface area contributed by atoms with Crippen LogP contribution in [0.25, 0.3) is 5.52 Å². The highest BCUT2D eigenvalue weighted by Crippen LogP contribution is 2.32. The van der Waals surface area contributed by atoms with Crippen molar-refractivity contribution in [2.24, 2.45) is 0 Å². The Morgan fingerprint density at radius 2 is 2.30 bits per heavy atom. The van der Waals surface area contributed by atoms with Gasteiger partial charge in [0.2, 0.25) is 0 Å². The zero-order chi connectivity index (χ0) is 15.8. The van der Waals surface area contributed by atoms with E-state index in [9.17, 15) is 9.59 Å². The number of aromatic amines is 1. The van der Waals surface area contributed by atoms with E-state index in [-0.39, 0.29) is 17.9 Å². The van der Waals surface area contributed by atoms with Crippen LogP contribution in [-0.2, 0) is 0 Å². The van der Waals surface area contributed by atoms with Gasteiger partial charge in [-0.05, 0) is 31.4 Å². The van der Waals surface area contributed by atoms with Crippen molar-refractivity contribution in [3.05, 3.63) is 52.5 Å². The molecule has 3 aromatic heterocycles. The van der Waals surface area contributed by atoms with Gasteiger partial charge in [0.15, 0.2) is 5.82 Å². The predicted molar refractivity (Wildman–Crippen MR) is 80.2 cm³/mol. The number of carbonyl (C=O) groups excluding carboxylic acids is 1. The van der Waals surface area contributed by atoms with Gasteiger partial charge in [-0.1, -0.05) is 11.2 Å². The van der Waals surface area contributed by atoms with E-state index < -0.39 is 5.76 Å². The second-order valence-electron chi connectivity index (χ2n) is 5.75. The van der Waals surface area contributed by atoms with E-state index in [1.165, 1.54) is 0 Å². The number of hydrogen-bond donors (Lipinski definition) is 2. The summed E-state index contributed by atoms with van der Waals surface area (Å²) in [5.74, 6) is -0.0114. The maximum atomic E-state index is 12.5. The Morgan fingerprint density at radius 1 is 1.39 bits per heavy atom. The molecule has 1 saturated carbocycles. The van der Waals surface area contributed by atoms with Crippen LogP contribution >= 0.6 is 0 Å². The number of nitrogens with zero attached hydrogens (tertiary/aromatic N) is 3. The summed E-state index contributed by atoms with van der Waals surface area (Å²) in [7, 11) is 0. The Balaban J connectivity index is 1.46. The average Bonchev–Trinajstić information content (AvgIpc) is 3.25. The first kappa shape index (κ1) is 13.7. The summed E-state index contributed by atoms with van der Waals surface area (Å²) >= 11 is 0. The fourth-order valence-electron chi connectivity index (χ4n) is 3.15. The third-order valence-electron chi connectivity index (χ3n) is 4.28. The van der Waals surface area contributed by atoms with Crippen molar-refractivity contribution in [1.29, 1.82) is 0 Å². The Morgan fingerprint density at radius 3 is 3.13 bits per heavy atom. The summed E-state index contributed by atoms with van der Waals surface area (Å²) in [6, 6.07) is 5.65. The Bertz CT molecular complexity index is 909. The molecular weight excluding hydrogens is 298 g/mol. The standard InChI is InChI=1S/C15H15N5O3/c21-14(11-8-16-20-6-2-1-3-12(11)20)17-10-5-4-9(7-10)13-18-15(22)23-19-13/h1-3,6,8-10H,4-5,7H2,(H,17,21)(H,18,19,22). The van der Waals surface area contributed by atoms with E-state index in [1.807, 2.05) is 18.2 Å². The van der Waals surface area contributed by atoms with E-state index in [0.29, 0.717) is 11.4 Å². The van der Waals surface area contributed by atoms with Crippen LogP contribution in [0.3, 0.4) is 0 Å². The van der Waals surface area contributed by atoms with Crippen molar-refractivity contribution in [2.45, 2.75) is 31.2 Å². The second kappa shape index (κ2) is 5.38. The van der Waals surface area contributed by atoms with E-state index in [1.54, 1.807) is 16.9 Å². The molecule has 4 rings (SSSR count). The lowest BCUT2D eigenvalue weighted by atomic mass is 10.1. The van der Waals surface area contributed by atoms with Gasteiger partial charge in [0.05, 0.1) is 17.3 Å². The molecule has 2 atom stereocenters. The summed E-state index contributed by atoms with van der Waals surface area (Å²) in [4.78, 5) is 26.1. The molecule has 3 aromatic rings. The lowest BCUT2D eigenvalue weighted by Gasteiger charge is -2.12. The van der Waals surface area contributed by atoms with Gasteiger partial charge in [0.1, 0.15) is 0 Å². The number of H-pyrrole nitrogens is 1. The number of nitrogens with one attached hydrogen (secondary N) is 2. The monoisotopic (exact) mass is 313 g/mol. The van der Waals surface area contributed by atoms with Crippen molar-refractivity contribution in [2.75, 3.05) is 0 Å². The topological polar surface area (TPSA) is 105 Å². The number of amides is 1. The first-order valence-corrected chi connectivity index (χ1v) is 7.50. The minimum atomic E-state index is -0.543. The average molecular weight is 313 g/mol. The van der Waals surface area contributed by atoms with E-state index >= 15 is 0 Å². The molecule has 1 amide bonds. The molecule has 3 heterocycles. The largest absolute Gasteiger partial charge is 0.438 e. The van der Waals surface area contributed by atoms with Crippen LogP contribution < -0.4 is 11.1 Å².